The summed E-state index contributed by atoms with van der Waals surface area (Å²) in [6.45, 7) is 1.27. The van der Waals surface area contributed by atoms with Gasteiger partial charge in [0, 0.05) is 19.1 Å². The van der Waals surface area contributed by atoms with Gasteiger partial charge in [0.1, 0.15) is 5.75 Å². The first kappa shape index (κ1) is 15.2. The van der Waals surface area contributed by atoms with Gasteiger partial charge in [-0.1, -0.05) is 18.2 Å². The zero-order chi connectivity index (χ0) is 15.1. The second-order valence-electron chi connectivity index (χ2n) is 4.89. The number of nitrogens with one attached hydrogen (secondary N) is 1. The van der Waals surface area contributed by atoms with Crippen LogP contribution in [-0.2, 0) is 9.53 Å². The summed E-state index contributed by atoms with van der Waals surface area (Å²) in [6, 6.07) is 9.33. The minimum absolute atomic E-state index is 0.0321. The lowest BCUT2D eigenvalue weighted by molar-refractivity contribution is -0.134. The molecule has 6 heteroatoms. The molecule has 0 saturated carbocycles. The molecule has 1 aliphatic rings. The first-order chi connectivity index (χ1) is 10.2. The molecule has 1 aromatic rings. The van der Waals surface area contributed by atoms with E-state index in [1.807, 2.05) is 30.3 Å². The molecule has 0 atom stereocenters. The van der Waals surface area contributed by atoms with Crippen LogP contribution in [0.1, 0.15) is 12.8 Å². The van der Waals surface area contributed by atoms with Crippen LogP contribution in [0.25, 0.3) is 0 Å². The second-order valence-corrected chi connectivity index (χ2v) is 4.89. The Bertz CT molecular complexity index is 470. The molecule has 0 spiro atoms. The van der Waals surface area contributed by atoms with Crippen molar-refractivity contribution in [1.82, 2.24) is 10.2 Å². The maximum atomic E-state index is 12.0. The fourth-order valence-electron chi connectivity index (χ4n) is 2.25. The van der Waals surface area contributed by atoms with E-state index in [4.69, 9.17) is 4.74 Å². The molecular weight excluding hydrogens is 272 g/mol. The Morgan fingerprint density at radius 1 is 1.24 bits per heavy atom. The number of carbonyl (C=O) groups is 2. The van der Waals surface area contributed by atoms with E-state index in [1.165, 1.54) is 7.11 Å². The van der Waals surface area contributed by atoms with Gasteiger partial charge in [0.05, 0.1) is 7.11 Å². The maximum absolute atomic E-state index is 12.0. The Labute approximate surface area is 124 Å². The summed E-state index contributed by atoms with van der Waals surface area (Å²) in [6.07, 6.45) is 1.03. The Morgan fingerprint density at radius 2 is 1.90 bits per heavy atom. The van der Waals surface area contributed by atoms with E-state index >= 15 is 0 Å². The summed E-state index contributed by atoms with van der Waals surface area (Å²) in [4.78, 5) is 24.9. The molecule has 0 radical (unpaired) electrons. The number of para-hydroxylation sites is 1. The van der Waals surface area contributed by atoms with Crippen LogP contribution in [0.3, 0.4) is 0 Å². The summed E-state index contributed by atoms with van der Waals surface area (Å²) in [5.74, 6) is 0.656. The highest BCUT2D eigenvalue weighted by atomic mass is 16.5. The second kappa shape index (κ2) is 7.52. The van der Waals surface area contributed by atoms with Gasteiger partial charge in [0.25, 0.3) is 5.91 Å². The van der Waals surface area contributed by atoms with Crippen LogP contribution < -0.4 is 10.1 Å². The number of nitrogens with zero attached hydrogens (tertiary/aromatic N) is 1. The molecule has 0 aromatic heterocycles. The van der Waals surface area contributed by atoms with Crippen LogP contribution in [0.15, 0.2) is 30.3 Å². The fraction of sp³-hybridized carbons (Fsp3) is 0.467. The number of rotatable bonds is 4. The number of carbonyl (C=O) groups excluding carboxylic acids is 2. The molecule has 6 nitrogen and oxygen atoms in total. The minimum Gasteiger partial charge on any atom is -0.484 e. The molecule has 1 heterocycles. The predicted octanol–water partition coefficient (Wildman–Crippen LogP) is 1.41. The van der Waals surface area contributed by atoms with Gasteiger partial charge in [-0.3, -0.25) is 4.79 Å². The van der Waals surface area contributed by atoms with Crippen molar-refractivity contribution in [3.05, 3.63) is 30.3 Å². The van der Waals surface area contributed by atoms with Crippen molar-refractivity contribution < 1.29 is 19.1 Å². The van der Waals surface area contributed by atoms with Crippen molar-refractivity contribution in [3.63, 3.8) is 0 Å². The fourth-order valence-corrected chi connectivity index (χ4v) is 2.25. The number of hydrogen-bond acceptors (Lipinski definition) is 4. The van der Waals surface area contributed by atoms with E-state index in [1.54, 1.807) is 4.90 Å². The molecule has 0 aliphatic carbocycles. The Kier molecular flexibility index (Phi) is 5.43. The van der Waals surface area contributed by atoms with Crippen molar-refractivity contribution in [2.24, 2.45) is 0 Å². The molecule has 21 heavy (non-hydrogen) atoms. The van der Waals surface area contributed by atoms with E-state index in [0.717, 1.165) is 12.8 Å². The highest BCUT2D eigenvalue weighted by Crippen LogP contribution is 2.12. The number of piperidine rings is 1. The van der Waals surface area contributed by atoms with Crippen LogP contribution in [0.5, 0.6) is 5.75 Å². The van der Waals surface area contributed by atoms with Gasteiger partial charge in [-0.05, 0) is 25.0 Å². The summed E-state index contributed by atoms with van der Waals surface area (Å²) >= 11 is 0. The average Bonchev–Trinajstić information content (AvgIpc) is 2.54. The highest BCUT2D eigenvalue weighted by molar-refractivity contribution is 5.78. The normalized spacial score (nSPS) is 15.4. The molecular formula is C15H20N2O4. The first-order valence-corrected chi connectivity index (χ1v) is 6.99. The van der Waals surface area contributed by atoms with Crippen LogP contribution >= 0.6 is 0 Å². The number of ether oxygens (including phenoxy) is 2. The predicted molar refractivity (Wildman–Crippen MR) is 77.1 cm³/mol. The number of benzene rings is 1. The van der Waals surface area contributed by atoms with Crippen LogP contribution in [0, 0.1) is 0 Å². The van der Waals surface area contributed by atoms with E-state index in [2.05, 4.69) is 10.1 Å². The summed E-state index contributed by atoms with van der Waals surface area (Å²) < 4.78 is 10.0. The lowest BCUT2D eigenvalue weighted by atomic mass is 10.1. The third-order valence-electron chi connectivity index (χ3n) is 3.46. The van der Waals surface area contributed by atoms with Gasteiger partial charge < -0.3 is 19.7 Å². The van der Waals surface area contributed by atoms with Crippen molar-refractivity contribution in [3.8, 4) is 5.75 Å². The first-order valence-electron chi connectivity index (χ1n) is 6.99. The third-order valence-corrected chi connectivity index (χ3v) is 3.46. The molecule has 2 amide bonds. The van der Waals surface area contributed by atoms with E-state index in [9.17, 15) is 9.59 Å². The lowest BCUT2D eigenvalue weighted by Gasteiger charge is -2.32. The van der Waals surface area contributed by atoms with Gasteiger partial charge in [0.2, 0.25) is 0 Å². The Balaban J connectivity index is 1.72. The standard InChI is InChI=1S/C15H20N2O4/c1-20-15(19)16-12-7-9-17(10-8-12)14(18)11-21-13-5-3-2-4-6-13/h2-6,12H,7-11H2,1H3,(H,16,19). The van der Waals surface area contributed by atoms with Gasteiger partial charge in [-0.25, -0.2) is 4.79 Å². The summed E-state index contributed by atoms with van der Waals surface area (Å²) in [5, 5.41) is 2.76. The third kappa shape index (κ3) is 4.66. The molecule has 0 bridgehead atoms. The average molecular weight is 292 g/mol. The van der Waals surface area contributed by atoms with E-state index in [-0.39, 0.29) is 18.6 Å². The zero-order valence-corrected chi connectivity index (χ0v) is 12.1. The molecule has 1 fully saturated rings. The van der Waals surface area contributed by atoms with E-state index < -0.39 is 6.09 Å². The molecule has 114 valence electrons. The number of likely N-dealkylation sites (tertiary alicyclic amines) is 1. The summed E-state index contributed by atoms with van der Waals surface area (Å²) in [5.41, 5.74) is 0. The zero-order valence-electron chi connectivity index (χ0n) is 12.1. The van der Waals surface area contributed by atoms with E-state index in [0.29, 0.717) is 18.8 Å². The van der Waals surface area contributed by atoms with Crippen LogP contribution in [0.2, 0.25) is 0 Å². The quantitative estimate of drug-likeness (QED) is 0.911. The van der Waals surface area contributed by atoms with Crippen molar-refractivity contribution in [2.45, 2.75) is 18.9 Å². The topological polar surface area (TPSA) is 67.9 Å². The van der Waals surface area contributed by atoms with Gasteiger partial charge >= 0.3 is 6.09 Å². The molecule has 1 aliphatic heterocycles. The SMILES string of the molecule is COC(=O)NC1CCN(C(=O)COc2ccccc2)CC1. The summed E-state index contributed by atoms with van der Waals surface area (Å²) in [7, 11) is 1.34. The maximum Gasteiger partial charge on any atom is 0.407 e. The largest absolute Gasteiger partial charge is 0.484 e. The molecule has 0 unspecified atom stereocenters. The molecule has 1 N–H and O–H groups in total. The number of hydrogen-bond donors (Lipinski definition) is 1. The van der Waals surface area contributed by atoms with Crippen molar-refractivity contribution >= 4 is 12.0 Å². The molecule has 1 saturated heterocycles. The Morgan fingerprint density at radius 3 is 2.52 bits per heavy atom. The van der Waals surface area contributed by atoms with Gasteiger partial charge in [-0.15, -0.1) is 0 Å². The molecule has 1 aromatic carbocycles. The van der Waals surface area contributed by atoms with Gasteiger partial charge in [-0.2, -0.15) is 0 Å². The van der Waals surface area contributed by atoms with Crippen molar-refractivity contribution in [2.75, 3.05) is 26.8 Å². The van der Waals surface area contributed by atoms with Crippen LogP contribution in [0.4, 0.5) is 4.79 Å². The van der Waals surface area contributed by atoms with Crippen molar-refractivity contribution in [1.29, 1.82) is 0 Å². The lowest BCUT2D eigenvalue weighted by Crippen LogP contribution is -2.47. The highest BCUT2D eigenvalue weighted by Gasteiger charge is 2.24. The van der Waals surface area contributed by atoms with Crippen LogP contribution in [-0.4, -0.2) is 49.7 Å². The molecule has 2 rings (SSSR count). The number of alkyl carbamates (subject to hydrolysis) is 1. The van der Waals surface area contributed by atoms with Gasteiger partial charge in [0.15, 0.2) is 6.61 Å². The number of amides is 2. The monoisotopic (exact) mass is 292 g/mol. The minimum atomic E-state index is -0.424. The number of methoxy groups -OCH3 is 1. The smallest absolute Gasteiger partial charge is 0.407 e. The Hall–Kier alpha value is -2.24.